The fraction of sp³-hybridized carbons (Fsp3) is 0.294. The van der Waals surface area contributed by atoms with Crippen molar-refractivity contribution in [3.05, 3.63) is 63.2 Å². The van der Waals surface area contributed by atoms with E-state index in [-0.39, 0.29) is 6.61 Å². The van der Waals surface area contributed by atoms with Crippen molar-refractivity contribution in [2.24, 2.45) is 0 Å². The number of ether oxygens (including phenoxy) is 3. The van der Waals surface area contributed by atoms with Gasteiger partial charge in [-0.1, -0.05) is 36.4 Å². The minimum atomic E-state index is -0.908. The Labute approximate surface area is 139 Å². The van der Waals surface area contributed by atoms with Gasteiger partial charge in [0.2, 0.25) is 5.79 Å². The zero-order valence-corrected chi connectivity index (χ0v) is 14.6. The fourth-order valence-corrected chi connectivity index (χ4v) is 2.93. The lowest BCUT2D eigenvalue weighted by Gasteiger charge is -2.31. The highest BCUT2D eigenvalue weighted by molar-refractivity contribution is 14.1. The van der Waals surface area contributed by atoms with Gasteiger partial charge in [0.05, 0.1) is 3.57 Å². The first-order valence-electron chi connectivity index (χ1n) is 6.66. The van der Waals surface area contributed by atoms with Crippen LogP contribution < -0.4 is 4.74 Å². The van der Waals surface area contributed by atoms with Gasteiger partial charge >= 0.3 is 0 Å². The number of rotatable bonds is 6. The predicted molar refractivity (Wildman–Crippen MR) is 91.5 cm³/mol. The average Bonchev–Trinajstić information content (AvgIpc) is 2.51. The molecule has 0 aliphatic carbocycles. The molecule has 0 heterocycles. The van der Waals surface area contributed by atoms with E-state index in [1.807, 2.05) is 42.5 Å². The molecular weight excluding hydrogens is 379 g/mol. The van der Waals surface area contributed by atoms with E-state index in [1.54, 1.807) is 14.2 Å². The summed E-state index contributed by atoms with van der Waals surface area (Å²) in [4.78, 5) is 0. The molecule has 0 radical (unpaired) electrons. The molecule has 4 heteroatoms. The molecule has 2 aromatic carbocycles. The van der Waals surface area contributed by atoms with Crippen LogP contribution in [0.25, 0.3) is 0 Å². The predicted octanol–water partition coefficient (Wildman–Crippen LogP) is 4.12. The minimum Gasteiger partial charge on any atom is -0.486 e. The third-order valence-corrected chi connectivity index (χ3v) is 4.22. The third kappa shape index (κ3) is 3.75. The van der Waals surface area contributed by atoms with E-state index in [4.69, 9.17) is 14.2 Å². The molecule has 0 N–H and O–H groups in total. The van der Waals surface area contributed by atoms with Gasteiger partial charge in [-0.15, -0.1) is 0 Å². The van der Waals surface area contributed by atoms with Crippen LogP contribution in [-0.4, -0.2) is 20.8 Å². The molecule has 0 atom stereocenters. The second-order valence-corrected chi connectivity index (χ2v) is 5.91. The maximum atomic E-state index is 5.94. The second-order valence-electron chi connectivity index (χ2n) is 4.75. The first kappa shape index (κ1) is 16.3. The van der Waals surface area contributed by atoms with Crippen molar-refractivity contribution < 1.29 is 14.2 Å². The van der Waals surface area contributed by atoms with E-state index in [0.717, 1.165) is 14.9 Å². The molecule has 0 aliphatic heterocycles. The summed E-state index contributed by atoms with van der Waals surface area (Å²) in [5, 5.41) is 0. The van der Waals surface area contributed by atoms with Crippen molar-refractivity contribution in [1.29, 1.82) is 0 Å². The Morgan fingerprint density at radius 1 is 1.00 bits per heavy atom. The minimum absolute atomic E-state index is 0.281. The lowest BCUT2D eigenvalue weighted by Crippen LogP contribution is -2.37. The topological polar surface area (TPSA) is 27.7 Å². The van der Waals surface area contributed by atoms with Crippen molar-refractivity contribution >= 4 is 22.6 Å². The summed E-state index contributed by atoms with van der Waals surface area (Å²) >= 11 is 2.27. The van der Waals surface area contributed by atoms with E-state index in [2.05, 4.69) is 35.6 Å². The van der Waals surface area contributed by atoms with Crippen molar-refractivity contribution in [1.82, 2.24) is 0 Å². The number of hydrogen-bond donors (Lipinski definition) is 0. The van der Waals surface area contributed by atoms with E-state index in [9.17, 15) is 0 Å². The van der Waals surface area contributed by atoms with Gasteiger partial charge in [0.25, 0.3) is 0 Å². The molecule has 0 saturated carbocycles. The summed E-state index contributed by atoms with van der Waals surface area (Å²) in [6.07, 6.45) is 0. The normalized spacial score (nSPS) is 11.4. The Morgan fingerprint density at radius 3 is 2.24 bits per heavy atom. The van der Waals surface area contributed by atoms with Crippen LogP contribution in [0, 0.1) is 10.5 Å². The first-order chi connectivity index (χ1) is 10.1. The Balaban J connectivity index is 2.21. The lowest BCUT2D eigenvalue weighted by molar-refractivity contribution is -0.231. The van der Waals surface area contributed by atoms with Crippen molar-refractivity contribution in [3.63, 3.8) is 0 Å². The van der Waals surface area contributed by atoms with Crippen molar-refractivity contribution in [3.8, 4) is 5.75 Å². The Bertz CT molecular complexity index is 580. The molecule has 2 aromatic rings. The second kappa shape index (κ2) is 7.24. The van der Waals surface area contributed by atoms with Crippen LogP contribution in [-0.2, 0) is 15.3 Å². The fourth-order valence-electron chi connectivity index (χ4n) is 2.11. The van der Waals surface area contributed by atoms with Crippen LogP contribution in [0.3, 0.4) is 0 Å². The molecule has 0 aromatic heterocycles. The van der Waals surface area contributed by atoms with Crippen LogP contribution in [0.5, 0.6) is 5.75 Å². The molecule has 0 fully saturated rings. The van der Waals surface area contributed by atoms with Crippen LogP contribution in [0.1, 0.15) is 11.1 Å². The molecule has 0 bridgehead atoms. The van der Waals surface area contributed by atoms with Gasteiger partial charge in [-0.3, -0.25) is 0 Å². The van der Waals surface area contributed by atoms with Crippen LogP contribution in [0.4, 0.5) is 0 Å². The van der Waals surface area contributed by atoms with Gasteiger partial charge < -0.3 is 14.2 Å². The molecule has 0 unspecified atom stereocenters. The molecule has 0 spiro atoms. The monoisotopic (exact) mass is 398 g/mol. The number of benzene rings is 2. The van der Waals surface area contributed by atoms with Crippen LogP contribution in [0.15, 0.2) is 48.5 Å². The Hall–Kier alpha value is -1.11. The van der Waals surface area contributed by atoms with Crippen LogP contribution >= 0.6 is 22.6 Å². The van der Waals surface area contributed by atoms with Gasteiger partial charge in [0.1, 0.15) is 12.4 Å². The molecule has 0 aliphatic rings. The quantitative estimate of drug-likeness (QED) is 0.541. The van der Waals surface area contributed by atoms with Crippen molar-refractivity contribution in [2.75, 3.05) is 20.8 Å². The average molecular weight is 398 g/mol. The lowest BCUT2D eigenvalue weighted by atomic mass is 10.1. The Morgan fingerprint density at radius 2 is 1.67 bits per heavy atom. The van der Waals surface area contributed by atoms with E-state index >= 15 is 0 Å². The molecule has 21 heavy (non-hydrogen) atoms. The van der Waals surface area contributed by atoms with Crippen molar-refractivity contribution in [2.45, 2.75) is 12.7 Å². The van der Waals surface area contributed by atoms with Crippen LogP contribution in [0.2, 0.25) is 0 Å². The molecule has 112 valence electrons. The summed E-state index contributed by atoms with van der Waals surface area (Å²) in [5.74, 6) is -0.0782. The molecule has 0 amide bonds. The number of halogens is 1. The Kier molecular flexibility index (Phi) is 5.61. The van der Waals surface area contributed by atoms with E-state index in [0.29, 0.717) is 0 Å². The molecule has 0 saturated heterocycles. The van der Waals surface area contributed by atoms with E-state index < -0.39 is 5.79 Å². The number of hydrogen-bond acceptors (Lipinski definition) is 3. The molecular formula is C17H19IO3. The zero-order chi connectivity index (χ0) is 15.3. The van der Waals surface area contributed by atoms with E-state index in [1.165, 1.54) is 5.56 Å². The number of methoxy groups -OCH3 is 2. The highest BCUT2D eigenvalue weighted by atomic mass is 127. The maximum Gasteiger partial charge on any atom is 0.229 e. The van der Waals surface area contributed by atoms with Gasteiger partial charge in [0, 0.05) is 19.8 Å². The largest absolute Gasteiger partial charge is 0.486 e. The molecule has 3 nitrogen and oxygen atoms in total. The number of aryl methyl sites for hydroxylation is 1. The standard InChI is InChI=1S/C17H19IO3/c1-13-9-10-16(15(18)11-13)21-12-17(19-2,20-3)14-7-5-4-6-8-14/h4-11H,12H2,1-3H3. The smallest absolute Gasteiger partial charge is 0.229 e. The first-order valence-corrected chi connectivity index (χ1v) is 7.74. The highest BCUT2D eigenvalue weighted by Crippen LogP contribution is 2.29. The summed E-state index contributed by atoms with van der Waals surface area (Å²) < 4.78 is 18.2. The highest BCUT2D eigenvalue weighted by Gasteiger charge is 2.33. The maximum absolute atomic E-state index is 5.94. The molecule has 2 rings (SSSR count). The summed E-state index contributed by atoms with van der Waals surface area (Å²) in [5.41, 5.74) is 2.14. The van der Waals surface area contributed by atoms with Gasteiger partial charge in [-0.2, -0.15) is 0 Å². The summed E-state index contributed by atoms with van der Waals surface area (Å²) in [6, 6.07) is 15.9. The van der Waals surface area contributed by atoms with Gasteiger partial charge in [0.15, 0.2) is 0 Å². The summed E-state index contributed by atoms with van der Waals surface area (Å²) in [7, 11) is 3.25. The summed E-state index contributed by atoms with van der Waals surface area (Å²) in [6.45, 7) is 2.34. The third-order valence-electron chi connectivity index (χ3n) is 3.38. The van der Waals surface area contributed by atoms with Gasteiger partial charge in [-0.25, -0.2) is 0 Å². The van der Waals surface area contributed by atoms with Gasteiger partial charge in [-0.05, 0) is 47.2 Å². The zero-order valence-electron chi connectivity index (χ0n) is 12.4. The SMILES string of the molecule is COC(COc1ccc(C)cc1I)(OC)c1ccccc1.